The molecule has 3 aliphatic rings. The first kappa shape index (κ1) is 17.2. The summed E-state index contributed by atoms with van der Waals surface area (Å²) in [6.07, 6.45) is 1.96. The van der Waals surface area contributed by atoms with Crippen LogP contribution in [0, 0.1) is 11.3 Å². The first-order valence-electron chi connectivity index (χ1n) is 8.61. The number of nitrogen functional groups attached to an aromatic ring is 1. The second-order valence-corrected chi connectivity index (χ2v) is 9.12. The fourth-order valence-electron chi connectivity index (χ4n) is 3.75. The maximum absolute atomic E-state index is 8.29. The van der Waals surface area contributed by atoms with Crippen LogP contribution in [0.3, 0.4) is 0 Å². The topological polar surface area (TPSA) is 87.6 Å². The molecule has 1 aliphatic carbocycles. The van der Waals surface area contributed by atoms with Crippen molar-refractivity contribution in [2.45, 2.75) is 37.6 Å². The van der Waals surface area contributed by atoms with Crippen LogP contribution in [0.5, 0.6) is 0 Å². The Morgan fingerprint density at radius 1 is 1.40 bits per heavy atom. The zero-order chi connectivity index (χ0) is 17.7. The third-order valence-electron chi connectivity index (χ3n) is 5.04. The van der Waals surface area contributed by atoms with Crippen LogP contribution in [-0.2, 0) is 4.74 Å². The number of rotatable bonds is 2. The number of nitrogens with zero attached hydrogens (tertiary/aromatic N) is 3. The Hall–Kier alpha value is -1.25. The van der Waals surface area contributed by atoms with Gasteiger partial charge in [-0.15, -0.1) is 0 Å². The fraction of sp³-hybridized carbons (Fsp3) is 0.588. The van der Waals surface area contributed by atoms with E-state index in [9.17, 15) is 0 Å². The summed E-state index contributed by atoms with van der Waals surface area (Å²) < 4.78 is 5.52. The lowest BCUT2D eigenvalue weighted by atomic mass is 9.84. The molecule has 4 rings (SSSR count). The van der Waals surface area contributed by atoms with Crippen molar-refractivity contribution in [1.82, 2.24) is 4.98 Å². The number of halogens is 1. The number of allylic oxidation sites excluding steroid dienone is 1. The second kappa shape index (κ2) is 6.48. The third kappa shape index (κ3) is 2.94. The van der Waals surface area contributed by atoms with Crippen LogP contribution in [-0.4, -0.2) is 47.2 Å². The van der Waals surface area contributed by atoms with Gasteiger partial charge in [0.1, 0.15) is 11.7 Å². The molecule has 0 bridgehead atoms. The molecule has 1 aromatic rings. The molecule has 6 nitrogen and oxygen atoms in total. The molecular weight excluding hydrogens is 402 g/mol. The van der Waals surface area contributed by atoms with Crippen molar-refractivity contribution in [2.75, 3.05) is 30.4 Å². The smallest absolute Gasteiger partial charge is 0.188 e. The van der Waals surface area contributed by atoms with E-state index < -0.39 is 0 Å². The molecular formula is C17H22BrN5OS. The van der Waals surface area contributed by atoms with Crippen molar-refractivity contribution in [2.24, 2.45) is 10.9 Å². The van der Waals surface area contributed by atoms with Gasteiger partial charge in [0, 0.05) is 22.5 Å². The standard InChI is InChI=1S/C17H22BrN5OS/c1-8-5-10-12(11(18)6-8)13(21-15(10)19)14-16(20)22-17(25-14)23-3-4-24-7-9(23)2/h8-9,11,19H,3-7,20H2,1-2H3. The molecule has 3 N–H and O–H groups in total. The number of amidine groups is 1. The number of nitrogens with two attached hydrogens (primary N) is 1. The van der Waals surface area contributed by atoms with E-state index in [1.165, 1.54) is 0 Å². The molecule has 1 saturated heterocycles. The van der Waals surface area contributed by atoms with Crippen LogP contribution >= 0.6 is 27.3 Å². The number of ether oxygens (including phenoxy) is 1. The number of hydrogen-bond acceptors (Lipinski definition) is 6. The van der Waals surface area contributed by atoms with Crippen molar-refractivity contribution in [1.29, 1.82) is 5.41 Å². The average molecular weight is 424 g/mol. The van der Waals surface area contributed by atoms with Gasteiger partial charge in [0.15, 0.2) is 5.13 Å². The summed E-state index contributed by atoms with van der Waals surface area (Å²) >= 11 is 5.38. The number of anilines is 2. The molecule has 2 aliphatic heterocycles. The molecule has 0 amide bonds. The SMILES string of the molecule is CC1CC2=C(C(c3sc(N4CCOCC4C)nc3N)=NC2=N)C(Br)C1. The number of aliphatic imine (C=N–C) groups is 1. The summed E-state index contributed by atoms with van der Waals surface area (Å²) in [6.45, 7) is 6.60. The van der Waals surface area contributed by atoms with Crippen molar-refractivity contribution in [3.05, 3.63) is 16.0 Å². The molecule has 8 heteroatoms. The Morgan fingerprint density at radius 3 is 2.96 bits per heavy atom. The minimum atomic E-state index is 0.222. The van der Waals surface area contributed by atoms with Crippen LogP contribution in [0.1, 0.15) is 31.6 Å². The van der Waals surface area contributed by atoms with E-state index in [1.54, 1.807) is 11.3 Å². The lowest BCUT2D eigenvalue weighted by Crippen LogP contribution is -2.43. The van der Waals surface area contributed by atoms with Gasteiger partial charge in [-0.05, 0) is 25.7 Å². The summed E-state index contributed by atoms with van der Waals surface area (Å²) in [5, 5.41) is 9.21. The van der Waals surface area contributed by atoms with Gasteiger partial charge in [0.05, 0.1) is 29.8 Å². The molecule has 25 heavy (non-hydrogen) atoms. The molecule has 3 unspecified atom stereocenters. The van der Waals surface area contributed by atoms with Gasteiger partial charge in [-0.1, -0.05) is 34.2 Å². The molecule has 3 atom stereocenters. The molecule has 0 aromatic carbocycles. The molecule has 1 fully saturated rings. The Labute approximate surface area is 159 Å². The van der Waals surface area contributed by atoms with Crippen LogP contribution in [0.4, 0.5) is 10.9 Å². The summed E-state index contributed by atoms with van der Waals surface area (Å²) in [7, 11) is 0. The number of alkyl halides is 1. The Morgan fingerprint density at radius 2 is 2.20 bits per heavy atom. The lowest BCUT2D eigenvalue weighted by molar-refractivity contribution is 0.0989. The molecule has 0 saturated carbocycles. The summed E-state index contributed by atoms with van der Waals surface area (Å²) in [5.41, 5.74) is 9.31. The quantitative estimate of drug-likeness (QED) is 0.714. The van der Waals surface area contributed by atoms with E-state index in [0.717, 1.165) is 46.3 Å². The highest BCUT2D eigenvalue weighted by Crippen LogP contribution is 2.42. The highest BCUT2D eigenvalue weighted by atomic mass is 79.9. The number of aromatic nitrogens is 1. The summed E-state index contributed by atoms with van der Waals surface area (Å²) in [5.74, 6) is 1.45. The second-order valence-electron chi connectivity index (χ2n) is 7.04. The Kier molecular flexibility index (Phi) is 4.45. The van der Waals surface area contributed by atoms with Gasteiger partial charge in [0.25, 0.3) is 0 Å². The summed E-state index contributed by atoms with van der Waals surface area (Å²) in [6, 6.07) is 0.283. The fourth-order valence-corrected chi connectivity index (χ4v) is 6.00. The minimum Gasteiger partial charge on any atom is -0.382 e. The number of morpholine rings is 1. The number of hydrogen-bond donors (Lipinski definition) is 2. The van der Waals surface area contributed by atoms with Crippen molar-refractivity contribution in [3.63, 3.8) is 0 Å². The first-order chi connectivity index (χ1) is 12.0. The predicted molar refractivity (Wildman–Crippen MR) is 107 cm³/mol. The zero-order valence-electron chi connectivity index (χ0n) is 14.4. The van der Waals surface area contributed by atoms with Crippen LogP contribution in [0.25, 0.3) is 0 Å². The van der Waals surface area contributed by atoms with Gasteiger partial charge >= 0.3 is 0 Å². The van der Waals surface area contributed by atoms with Gasteiger partial charge in [-0.2, -0.15) is 0 Å². The van der Waals surface area contributed by atoms with E-state index in [1.807, 2.05) is 0 Å². The normalized spacial score (nSPS) is 29.9. The van der Waals surface area contributed by atoms with E-state index in [0.29, 0.717) is 30.8 Å². The van der Waals surface area contributed by atoms with E-state index in [2.05, 4.69) is 44.7 Å². The van der Waals surface area contributed by atoms with Crippen molar-refractivity contribution in [3.8, 4) is 0 Å². The van der Waals surface area contributed by atoms with Gasteiger partial charge in [-0.25, -0.2) is 9.98 Å². The monoisotopic (exact) mass is 423 g/mol. The number of thiazole rings is 1. The maximum Gasteiger partial charge on any atom is 0.188 e. The third-order valence-corrected chi connectivity index (χ3v) is 6.98. The Bertz CT molecular complexity index is 786. The van der Waals surface area contributed by atoms with E-state index >= 15 is 0 Å². The van der Waals surface area contributed by atoms with Crippen molar-refractivity contribution < 1.29 is 4.74 Å². The predicted octanol–water partition coefficient (Wildman–Crippen LogP) is 3.22. The van der Waals surface area contributed by atoms with Gasteiger partial charge < -0.3 is 15.4 Å². The lowest BCUT2D eigenvalue weighted by Gasteiger charge is -2.32. The molecule has 1 aromatic heterocycles. The molecule has 0 spiro atoms. The van der Waals surface area contributed by atoms with E-state index in [4.69, 9.17) is 15.9 Å². The number of nitrogens with one attached hydrogen (secondary N) is 1. The molecule has 3 heterocycles. The highest BCUT2D eigenvalue weighted by Gasteiger charge is 2.37. The van der Waals surface area contributed by atoms with Crippen LogP contribution < -0.4 is 10.6 Å². The largest absolute Gasteiger partial charge is 0.382 e. The highest BCUT2D eigenvalue weighted by molar-refractivity contribution is 9.09. The minimum absolute atomic E-state index is 0.222. The first-order valence-corrected chi connectivity index (χ1v) is 10.3. The summed E-state index contributed by atoms with van der Waals surface area (Å²) in [4.78, 5) is 12.5. The average Bonchev–Trinajstić information content (AvgIpc) is 3.09. The molecule has 134 valence electrons. The van der Waals surface area contributed by atoms with Gasteiger partial charge in [0.2, 0.25) is 0 Å². The zero-order valence-corrected chi connectivity index (χ0v) is 16.8. The van der Waals surface area contributed by atoms with Gasteiger partial charge in [-0.3, -0.25) is 5.41 Å². The maximum atomic E-state index is 8.29. The van der Waals surface area contributed by atoms with Crippen LogP contribution in [0.2, 0.25) is 0 Å². The van der Waals surface area contributed by atoms with E-state index in [-0.39, 0.29) is 10.9 Å². The van der Waals surface area contributed by atoms with Crippen LogP contribution in [0.15, 0.2) is 16.1 Å². The Balaban J connectivity index is 1.71. The van der Waals surface area contributed by atoms with Crippen molar-refractivity contribution >= 4 is 49.8 Å². The molecule has 0 radical (unpaired) electrons.